The van der Waals surface area contributed by atoms with E-state index in [0.717, 1.165) is 18.7 Å². The minimum atomic E-state index is -0.150. The summed E-state index contributed by atoms with van der Waals surface area (Å²) >= 11 is 0. The zero-order valence-corrected chi connectivity index (χ0v) is 13.8. The summed E-state index contributed by atoms with van der Waals surface area (Å²) in [5.41, 5.74) is 4.90. The average Bonchev–Trinajstić information content (AvgIpc) is 2.46. The van der Waals surface area contributed by atoms with Crippen molar-refractivity contribution in [1.82, 2.24) is 10.3 Å². The molecule has 3 heteroatoms. The number of nitrogens with zero attached hydrogens (tertiary/aromatic N) is 1. The van der Waals surface area contributed by atoms with Gasteiger partial charge in [0.25, 0.3) is 0 Å². The van der Waals surface area contributed by atoms with Crippen LogP contribution in [0.3, 0.4) is 0 Å². The normalized spacial score (nSPS) is 19.4. The molecule has 0 spiro atoms. The molecule has 1 aliphatic heterocycles. The maximum atomic E-state index is 6.24. The van der Waals surface area contributed by atoms with Crippen molar-refractivity contribution in [3.8, 4) is 5.75 Å². The predicted molar refractivity (Wildman–Crippen MR) is 89.1 cm³/mol. The van der Waals surface area contributed by atoms with Crippen molar-refractivity contribution in [2.24, 2.45) is 0 Å². The van der Waals surface area contributed by atoms with Gasteiger partial charge >= 0.3 is 0 Å². The molecule has 3 nitrogen and oxygen atoms in total. The van der Waals surface area contributed by atoms with Gasteiger partial charge in [-0.3, -0.25) is 4.98 Å². The number of nitrogens with one attached hydrogen (secondary N) is 1. The van der Waals surface area contributed by atoms with E-state index in [9.17, 15) is 0 Å². The molecule has 0 saturated carbocycles. The molecule has 116 valence electrons. The Kier molecular flexibility index (Phi) is 3.92. The molecule has 3 rings (SSSR count). The van der Waals surface area contributed by atoms with Crippen LogP contribution in [0.25, 0.3) is 0 Å². The molecule has 0 amide bonds. The second kappa shape index (κ2) is 5.73. The molecular weight excluding hydrogens is 272 g/mol. The van der Waals surface area contributed by atoms with Crippen LogP contribution in [0.5, 0.6) is 5.75 Å². The van der Waals surface area contributed by atoms with Gasteiger partial charge in [-0.1, -0.05) is 17.7 Å². The van der Waals surface area contributed by atoms with Crippen LogP contribution in [0.1, 0.15) is 48.6 Å². The van der Waals surface area contributed by atoms with Gasteiger partial charge in [-0.25, -0.2) is 0 Å². The largest absolute Gasteiger partial charge is 0.487 e. The highest BCUT2D eigenvalue weighted by Crippen LogP contribution is 2.42. The highest BCUT2D eigenvalue weighted by atomic mass is 16.5. The van der Waals surface area contributed by atoms with E-state index >= 15 is 0 Å². The monoisotopic (exact) mass is 296 g/mol. The van der Waals surface area contributed by atoms with Gasteiger partial charge in [0, 0.05) is 37.0 Å². The van der Waals surface area contributed by atoms with E-state index < -0.39 is 0 Å². The molecule has 0 radical (unpaired) electrons. The maximum Gasteiger partial charge on any atom is 0.127 e. The van der Waals surface area contributed by atoms with Crippen molar-refractivity contribution < 1.29 is 4.74 Å². The van der Waals surface area contributed by atoms with Gasteiger partial charge in [-0.2, -0.15) is 0 Å². The van der Waals surface area contributed by atoms with E-state index in [4.69, 9.17) is 4.74 Å². The molecule has 1 N–H and O–H groups in total. The summed E-state index contributed by atoms with van der Waals surface area (Å²) in [4.78, 5) is 4.07. The van der Waals surface area contributed by atoms with Crippen LogP contribution in [-0.4, -0.2) is 10.6 Å². The second-order valence-electron chi connectivity index (χ2n) is 6.85. The van der Waals surface area contributed by atoms with Crippen LogP contribution >= 0.6 is 0 Å². The molecule has 2 aromatic rings. The Hall–Kier alpha value is -1.87. The fraction of sp³-hybridized carbons (Fsp3) is 0.421. The fourth-order valence-corrected chi connectivity index (χ4v) is 3.23. The third-order valence-corrected chi connectivity index (χ3v) is 4.20. The van der Waals surface area contributed by atoms with Crippen LogP contribution < -0.4 is 10.1 Å². The number of aromatic nitrogens is 1. The quantitative estimate of drug-likeness (QED) is 0.926. The summed E-state index contributed by atoms with van der Waals surface area (Å²) in [5.74, 6) is 1.05. The molecule has 0 fully saturated rings. The third kappa shape index (κ3) is 3.14. The average molecular weight is 296 g/mol. The molecule has 1 aromatic heterocycles. The molecule has 1 aliphatic rings. The zero-order valence-electron chi connectivity index (χ0n) is 13.8. The van der Waals surface area contributed by atoms with E-state index in [1.54, 1.807) is 0 Å². The number of hydrogen-bond acceptors (Lipinski definition) is 3. The first kappa shape index (κ1) is 15.0. The number of pyridine rings is 1. The van der Waals surface area contributed by atoms with Crippen LogP contribution in [0.4, 0.5) is 0 Å². The summed E-state index contributed by atoms with van der Waals surface area (Å²) in [6.45, 7) is 9.45. The van der Waals surface area contributed by atoms with Gasteiger partial charge in [0.2, 0.25) is 0 Å². The van der Waals surface area contributed by atoms with Crippen molar-refractivity contribution in [3.05, 3.63) is 58.9 Å². The molecule has 0 saturated heterocycles. The minimum absolute atomic E-state index is 0.150. The Bertz CT molecular complexity index is 665. The summed E-state index contributed by atoms with van der Waals surface area (Å²) in [6.07, 6.45) is 4.65. The van der Waals surface area contributed by atoms with Gasteiger partial charge in [-0.05, 0) is 51.0 Å². The smallest absolute Gasteiger partial charge is 0.127 e. The molecule has 1 unspecified atom stereocenters. The highest BCUT2D eigenvalue weighted by molar-refractivity contribution is 5.47. The first-order valence-corrected chi connectivity index (χ1v) is 7.87. The summed E-state index contributed by atoms with van der Waals surface area (Å²) < 4.78 is 6.24. The highest BCUT2D eigenvalue weighted by Gasteiger charge is 2.34. The van der Waals surface area contributed by atoms with E-state index in [1.807, 2.05) is 12.4 Å². The lowest BCUT2D eigenvalue weighted by Crippen LogP contribution is -2.39. The first-order valence-electron chi connectivity index (χ1n) is 7.87. The Balaban J connectivity index is 1.88. The van der Waals surface area contributed by atoms with E-state index in [-0.39, 0.29) is 5.60 Å². The molecule has 22 heavy (non-hydrogen) atoms. The predicted octanol–water partition coefficient (Wildman–Crippen LogP) is 4.09. The zero-order chi connectivity index (χ0) is 15.7. The molecule has 2 heterocycles. The van der Waals surface area contributed by atoms with E-state index in [2.05, 4.69) is 62.3 Å². The van der Waals surface area contributed by atoms with Crippen LogP contribution in [-0.2, 0) is 6.54 Å². The van der Waals surface area contributed by atoms with Crippen LogP contribution in [0, 0.1) is 13.8 Å². The standard InChI is InChI=1S/C19H24N2O/c1-13-9-14(2)18-16(10-13)17(11-19(3,4)22-18)21-12-15-5-7-20-8-6-15/h5-10,17,21H,11-12H2,1-4H3. The summed E-state index contributed by atoms with van der Waals surface area (Å²) in [5, 5.41) is 3.70. The summed E-state index contributed by atoms with van der Waals surface area (Å²) in [6, 6.07) is 8.87. The Labute approximate surface area is 132 Å². The molecule has 1 atom stereocenters. The lowest BCUT2D eigenvalue weighted by Gasteiger charge is -2.39. The number of fused-ring (bicyclic) bond motifs is 1. The SMILES string of the molecule is Cc1cc(C)c2c(c1)C(NCc1ccncc1)CC(C)(C)O2. The third-order valence-electron chi connectivity index (χ3n) is 4.20. The molecule has 0 bridgehead atoms. The van der Waals surface area contributed by atoms with Gasteiger partial charge in [0.15, 0.2) is 0 Å². The van der Waals surface area contributed by atoms with Crippen molar-refractivity contribution in [3.63, 3.8) is 0 Å². The molecular formula is C19H24N2O. The van der Waals surface area contributed by atoms with E-state index in [1.165, 1.54) is 22.3 Å². The van der Waals surface area contributed by atoms with Crippen molar-refractivity contribution >= 4 is 0 Å². The number of rotatable bonds is 3. The summed E-state index contributed by atoms with van der Waals surface area (Å²) in [7, 11) is 0. The minimum Gasteiger partial charge on any atom is -0.487 e. The Morgan fingerprint density at radius 1 is 1.23 bits per heavy atom. The maximum absolute atomic E-state index is 6.24. The van der Waals surface area contributed by atoms with Crippen molar-refractivity contribution in [2.45, 2.75) is 52.3 Å². The van der Waals surface area contributed by atoms with Gasteiger partial charge in [-0.15, -0.1) is 0 Å². The first-order chi connectivity index (χ1) is 10.4. The van der Waals surface area contributed by atoms with E-state index in [0.29, 0.717) is 6.04 Å². The molecule has 0 aliphatic carbocycles. The lowest BCUT2D eigenvalue weighted by atomic mass is 9.87. The van der Waals surface area contributed by atoms with Crippen molar-refractivity contribution in [1.29, 1.82) is 0 Å². The van der Waals surface area contributed by atoms with Crippen LogP contribution in [0.15, 0.2) is 36.7 Å². The van der Waals surface area contributed by atoms with Gasteiger partial charge in [0.1, 0.15) is 11.4 Å². The number of ether oxygens (including phenoxy) is 1. The fourth-order valence-electron chi connectivity index (χ4n) is 3.23. The number of aryl methyl sites for hydroxylation is 2. The van der Waals surface area contributed by atoms with Crippen molar-refractivity contribution in [2.75, 3.05) is 0 Å². The van der Waals surface area contributed by atoms with Gasteiger partial charge in [0.05, 0.1) is 0 Å². The number of benzene rings is 1. The van der Waals surface area contributed by atoms with Gasteiger partial charge < -0.3 is 10.1 Å². The number of hydrogen-bond donors (Lipinski definition) is 1. The Morgan fingerprint density at radius 2 is 1.95 bits per heavy atom. The molecule has 1 aromatic carbocycles. The van der Waals surface area contributed by atoms with Crippen LogP contribution in [0.2, 0.25) is 0 Å². The topological polar surface area (TPSA) is 34.2 Å². The lowest BCUT2D eigenvalue weighted by molar-refractivity contribution is 0.0647. The Morgan fingerprint density at radius 3 is 2.68 bits per heavy atom. The second-order valence-corrected chi connectivity index (χ2v) is 6.85.